The number of hydrogen-bond donors (Lipinski definition) is 1. The maximum absolute atomic E-state index is 11.9. The highest BCUT2D eigenvalue weighted by molar-refractivity contribution is 5.96. The molecule has 0 aliphatic heterocycles. The molecule has 1 N–H and O–H groups in total. The fraction of sp³-hybridized carbons (Fsp3) is 0.462. The molecule has 0 fully saturated rings. The fourth-order valence-corrected chi connectivity index (χ4v) is 1.21. The molecule has 1 amide bonds. The first-order valence-electron chi connectivity index (χ1n) is 5.62. The third-order valence-corrected chi connectivity index (χ3v) is 2.87. The molecule has 0 saturated carbocycles. The number of nitriles is 1. The number of hydrogen-bond acceptors (Lipinski definition) is 3. The van der Waals surface area contributed by atoms with Crippen molar-refractivity contribution in [3.8, 4) is 6.07 Å². The Morgan fingerprint density at radius 3 is 2.88 bits per heavy atom. The Labute approximate surface area is 102 Å². The standard InChI is InChI=1S/C13H17N3O/c1-4-13(2,3)9-16-12(17)11-8-15-6-5-10(11)7-14/h5-6,8H,4,9H2,1-3H3,(H,16,17). The fourth-order valence-electron chi connectivity index (χ4n) is 1.21. The van der Waals surface area contributed by atoms with Crippen LogP contribution in [0.3, 0.4) is 0 Å². The molecule has 0 unspecified atom stereocenters. The van der Waals surface area contributed by atoms with Crippen molar-refractivity contribution in [2.24, 2.45) is 5.41 Å². The van der Waals surface area contributed by atoms with E-state index in [0.29, 0.717) is 17.7 Å². The van der Waals surface area contributed by atoms with Gasteiger partial charge in [-0.3, -0.25) is 9.78 Å². The van der Waals surface area contributed by atoms with Gasteiger partial charge in [-0.25, -0.2) is 0 Å². The lowest BCUT2D eigenvalue weighted by molar-refractivity contribution is 0.0935. The summed E-state index contributed by atoms with van der Waals surface area (Å²) in [7, 11) is 0. The molecule has 0 radical (unpaired) electrons. The van der Waals surface area contributed by atoms with Crippen molar-refractivity contribution >= 4 is 5.91 Å². The van der Waals surface area contributed by atoms with Gasteiger partial charge in [0.1, 0.15) is 6.07 Å². The molecular formula is C13H17N3O. The first-order valence-corrected chi connectivity index (χ1v) is 5.62. The summed E-state index contributed by atoms with van der Waals surface area (Å²) in [5, 5.41) is 11.7. The quantitative estimate of drug-likeness (QED) is 0.863. The Morgan fingerprint density at radius 1 is 1.59 bits per heavy atom. The second-order valence-corrected chi connectivity index (χ2v) is 4.73. The molecule has 0 aliphatic carbocycles. The molecule has 4 heteroatoms. The average molecular weight is 231 g/mol. The van der Waals surface area contributed by atoms with Crippen LogP contribution in [-0.2, 0) is 0 Å². The van der Waals surface area contributed by atoms with Gasteiger partial charge in [0.2, 0.25) is 0 Å². The summed E-state index contributed by atoms with van der Waals surface area (Å²) in [4.78, 5) is 15.8. The average Bonchev–Trinajstić information content (AvgIpc) is 2.36. The molecule has 0 aromatic carbocycles. The molecular weight excluding hydrogens is 214 g/mol. The molecule has 1 aromatic rings. The number of pyridine rings is 1. The monoisotopic (exact) mass is 231 g/mol. The second-order valence-electron chi connectivity index (χ2n) is 4.73. The van der Waals surface area contributed by atoms with E-state index in [0.717, 1.165) is 6.42 Å². The predicted octanol–water partition coefficient (Wildman–Crippen LogP) is 2.12. The van der Waals surface area contributed by atoms with E-state index in [1.807, 2.05) is 6.07 Å². The third-order valence-electron chi connectivity index (χ3n) is 2.87. The van der Waals surface area contributed by atoms with Gasteiger partial charge >= 0.3 is 0 Å². The van der Waals surface area contributed by atoms with Gasteiger partial charge in [-0.2, -0.15) is 5.26 Å². The Bertz CT molecular complexity index is 446. The number of nitrogens with one attached hydrogen (secondary N) is 1. The van der Waals surface area contributed by atoms with Gasteiger partial charge in [0.25, 0.3) is 5.91 Å². The first-order chi connectivity index (χ1) is 8.00. The molecule has 0 aliphatic rings. The minimum Gasteiger partial charge on any atom is -0.351 e. The van der Waals surface area contributed by atoms with Crippen LogP contribution in [0.2, 0.25) is 0 Å². The van der Waals surface area contributed by atoms with Crippen LogP contribution < -0.4 is 5.32 Å². The SMILES string of the molecule is CCC(C)(C)CNC(=O)c1cnccc1C#N. The summed E-state index contributed by atoms with van der Waals surface area (Å²) in [6.07, 6.45) is 3.91. The molecule has 0 saturated heterocycles. The molecule has 0 atom stereocenters. The number of carbonyl (C=O) groups excluding carboxylic acids is 1. The van der Waals surface area contributed by atoms with Crippen LogP contribution in [0.5, 0.6) is 0 Å². The summed E-state index contributed by atoms with van der Waals surface area (Å²) < 4.78 is 0. The predicted molar refractivity (Wildman–Crippen MR) is 65.4 cm³/mol. The molecule has 90 valence electrons. The van der Waals surface area contributed by atoms with E-state index in [9.17, 15) is 4.79 Å². The van der Waals surface area contributed by atoms with Crippen LogP contribution in [0.4, 0.5) is 0 Å². The van der Waals surface area contributed by atoms with E-state index in [1.165, 1.54) is 12.4 Å². The number of nitrogens with zero attached hydrogens (tertiary/aromatic N) is 2. The van der Waals surface area contributed by atoms with Gasteiger partial charge < -0.3 is 5.32 Å². The molecule has 1 heterocycles. The summed E-state index contributed by atoms with van der Waals surface area (Å²) >= 11 is 0. The largest absolute Gasteiger partial charge is 0.351 e. The smallest absolute Gasteiger partial charge is 0.254 e. The summed E-state index contributed by atoms with van der Waals surface area (Å²) in [6, 6.07) is 3.53. The summed E-state index contributed by atoms with van der Waals surface area (Å²) in [6.45, 7) is 6.84. The molecule has 1 rings (SSSR count). The van der Waals surface area contributed by atoms with E-state index in [1.54, 1.807) is 6.07 Å². The topological polar surface area (TPSA) is 65.8 Å². The van der Waals surface area contributed by atoms with Gasteiger partial charge in [0, 0.05) is 18.9 Å². The molecule has 4 nitrogen and oxygen atoms in total. The number of amides is 1. The molecule has 0 spiro atoms. The molecule has 0 bridgehead atoms. The Kier molecular flexibility index (Phi) is 4.22. The van der Waals surface area contributed by atoms with Crippen molar-refractivity contribution < 1.29 is 4.79 Å². The van der Waals surface area contributed by atoms with Gasteiger partial charge in [-0.1, -0.05) is 20.8 Å². The van der Waals surface area contributed by atoms with Crippen molar-refractivity contribution in [3.05, 3.63) is 29.6 Å². The van der Waals surface area contributed by atoms with Crippen LogP contribution in [0.15, 0.2) is 18.5 Å². The van der Waals surface area contributed by atoms with E-state index in [4.69, 9.17) is 5.26 Å². The number of carbonyl (C=O) groups is 1. The van der Waals surface area contributed by atoms with Crippen LogP contribution in [-0.4, -0.2) is 17.4 Å². The number of aromatic nitrogens is 1. The number of rotatable bonds is 4. The normalized spacial score (nSPS) is 10.7. The Hall–Kier alpha value is -1.89. The van der Waals surface area contributed by atoms with Crippen molar-refractivity contribution in [1.29, 1.82) is 5.26 Å². The second kappa shape index (κ2) is 5.44. The highest BCUT2D eigenvalue weighted by Crippen LogP contribution is 2.18. The zero-order valence-corrected chi connectivity index (χ0v) is 10.4. The van der Waals surface area contributed by atoms with E-state index >= 15 is 0 Å². The summed E-state index contributed by atoms with van der Waals surface area (Å²) in [5.74, 6) is -0.240. The minimum absolute atomic E-state index is 0.0602. The Balaban J connectivity index is 2.75. The lowest BCUT2D eigenvalue weighted by Crippen LogP contribution is -2.34. The van der Waals surface area contributed by atoms with E-state index < -0.39 is 0 Å². The van der Waals surface area contributed by atoms with E-state index in [-0.39, 0.29) is 11.3 Å². The maximum atomic E-state index is 11.9. The molecule has 1 aromatic heterocycles. The van der Waals surface area contributed by atoms with Gasteiger partial charge in [0.05, 0.1) is 11.1 Å². The van der Waals surface area contributed by atoms with E-state index in [2.05, 4.69) is 31.1 Å². The highest BCUT2D eigenvalue weighted by Gasteiger charge is 2.18. The van der Waals surface area contributed by atoms with Crippen molar-refractivity contribution in [2.75, 3.05) is 6.54 Å². The first kappa shape index (κ1) is 13.2. The Morgan fingerprint density at radius 2 is 2.29 bits per heavy atom. The maximum Gasteiger partial charge on any atom is 0.254 e. The van der Waals surface area contributed by atoms with Gasteiger partial charge in [-0.15, -0.1) is 0 Å². The summed E-state index contributed by atoms with van der Waals surface area (Å²) in [5.41, 5.74) is 0.749. The van der Waals surface area contributed by atoms with Crippen LogP contribution in [0, 0.1) is 16.7 Å². The van der Waals surface area contributed by atoms with Gasteiger partial charge in [0.15, 0.2) is 0 Å². The van der Waals surface area contributed by atoms with Crippen molar-refractivity contribution in [2.45, 2.75) is 27.2 Å². The van der Waals surface area contributed by atoms with Crippen LogP contribution in [0.1, 0.15) is 43.1 Å². The highest BCUT2D eigenvalue weighted by atomic mass is 16.1. The van der Waals surface area contributed by atoms with Crippen molar-refractivity contribution in [1.82, 2.24) is 10.3 Å². The van der Waals surface area contributed by atoms with Crippen LogP contribution in [0.25, 0.3) is 0 Å². The molecule has 17 heavy (non-hydrogen) atoms. The lowest BCUT2D eigenvalue weighted by atomic mass is 9.90. The van der Waals surface area contributed by atoms with Gasteiger partial charge in [-0.05, 0) is 17.9 Å². The third kappa shape index (κ3) is 3.56. The minimum atomic E-state index is -0.240. The van der Waals surface area contributed by atoms with Crippen molar-refractivity contribution in [3.63, 3.8) is 0 Å². The zero-order chi connectivity index (χ0) is 12.9. The lowest BCUT2D eigenvalue weighted by Gasteiger charge is -2.22. The van der Waals surface area contributed by atoms with Crippen LogP contribution >= 0.6 is 0 Å². The zero-order valence-electron chi connectivity index (χ0n) is 10.4.